The number of para-hydroxylation sites is 1. The number of H-pyrrole nitrogens is 1. The molecule has 0 saturated heterocycles. The number of rotatable bonds is 6. The van der Waals surface area contributed by atoms with Crippen molar-refractivity contribution in [1.29, 1.82) is 0 Å². The number of nitrogens with one attached hydrogen (secondary N) is 2. The molecule has 0 radical (unpaired) electrons. The second-order valence-electron chi connectivity index (χ2n) is 6.43. The van der Waals surface area contributed by atoms with Crippen LogP contribution in [0.1, 0.15) is 0 Å². The normalized spacial score (nSPS) is 10.6. The smallest absolute Gasteiger partial charge is 0.244 e. The SMILES string of the molecule is O=C(Cn1c(-c2ccc(Cl)cc2)n[nH]c1=S)Nc1ccc(Oc2ccccc2)cc1. The predicted molar refractivity (Wildman–Crippen MR) is 119 cm³/mol. The number of aromatic nitrogens is 3. The van der Waals surface area contributed by atoms with Gasteiger partial charge in [-0.15, -0.1) is 0 Å². The molecule has 0 aliphatic heterocycles. The molecule has 6 nitrogen and oxygen atoms in total. The maximum absolute atomic E-state index is 12.6. The van der Waals surface area contributed by atoms with Gasteiger partial charge in [-0.05, 0) is 72.9 Å². The molecule has 8 heteroatoms. The van der Waals surface area contributed by atoms with Crippen LogP contribution in [0.15, 0.2) is 78.9 Å². The number of ether oxygens (including phenoxy) is 1. The average Bonchev–Trinajstić information content (AvgIpc) is 3.11. The number of carbonyl (C=O) groups is 1. The van der Waals surface area contributed by atoms with E-state index in [4.69, 9.17) is 28.6 Å². The quantitative estimate of drug-likeness (QED) is 0.381. The Bertz CT molecular complexity index is 1200. The number of halogens is 1. The summed E-state index contributed by atoms with van der Waals surface area (Å²) < 4.78 is 7.76. The van der Waals surface area contributed by atoms with Gasteiger partial charge in [0.1, 0.15) is 18.0 Å². The van der Waals surface area contributed by atoms with Gasteiger partial charge in [0.15, 0.2) is 10.6 Å². The van der Waals surface area contributed by atoms with Crippen molar-refractivity contribution in [3.8, 4) is 22.9 Å². The highest BCUT2D eigenvalue weighted by atomic mass is 35.5. The van der Waals surface area contributed by atoms with E-state index in [0.717, 1.165) is 11.3 Å². The van der Waals surface area contributed by atoms with Gasteiger partial charge in [0.25, 0.3) is 0 Å². The lowest BCUT2D eigenvalue weighted by Gasteiger charge is -2.10. The number of carbonyl (C=O) groups excluding carboxylic acids is 1. The first-order valence-electron chi connectivity index (χ1n) is 9.12. The molecular formula is C22H17ClN4O2S. The van der Waals surface area contributed by atoms with Crippen LogP contribution in [-0.4, -0.2) is 20.7 Å². The Morgan fingerprint density at radius 1 is 1.00 bits per heavy atom. The van der Waals surface area contributed by atoms with Gasteiger partial charge in [0, 0.05) is 16.3 Å². The van der Waals surface area contributed by atoms with Gasteiger partial charge in [-0.25, -0.2) is 0 Å². The molecule has 2 N–H and O–H groups in total. The van der Waals surface area contributed by atoms with Gasteiger partial charge in [0.05, 0.1) is 0 Å². The van der Waals surface area contributed by atoms with Crippen LogP contribution >= 0.6 is 23.8 Å². The summed E-state index contributed by atoms with van der Waals surface area (Å²) in [5, 5.41) is 10.5. The largest absolute Gasteiger partial charge is 0.457 e. The molecular weight excluding hydrogens is 420 g/mol. The van der Waals surface area contributed by atoms with Crippen molar-refractivity contribution < 1.29 is 9.53 Å². The monoisotopic (exact) mass is 436 g/mol. The van der Waals surface area contributed by atoms with Crippen molar-refractivity contribution in [2.75, 3.05) is 5.32 Å². The fourth-order valence-corrected chi connectivity index (χ4v) is 3.18. The average molecular weight is 437 g/mol. The fraction of sp³-hybridized carbons (Fsp3) is 0.0455. The maximum Gasteiger partial charge on any atom is 0.244 e. The van der Waals surface area contributed by atoms with Gasteiger partial charge in [0.2, 0.25) is 5.91 Å². The number of aromatic amines is 1. The van der Waals surface area contributed by atoms with Crippen molar-refractivity contribution in [3.05, 3.63) is 88.7 Å². The number of hydrogen-bond acceptors (Lipinski definition) is 4. The molecule has 0 unspecified atom stereocenters. The minimum atomic E-state index is -0.223. The summed E-state index contributed by atoms with van der Waals surface area (Å²) in [7, 11) is 0. The Kier molecular flexibility index (Phi) is 5.92. The molecule has 0 saturated carbocycles. The van der Waals surface area contributed by atoms with E-state index in [9.17, 15) is 4.79 Å². The molecule has 1 amide bonds. The van der Waals surface area contributed by atoms with Crippen molar-refractivity contribution >= 4 is 35.4 Å². The van der Waals surface area contributed by atoms with Gasteiger partial charge in [-0.2, -0.15) is 5.10 Å². The third kappa shape index (κ3) is 4.76. The Hall–Kier alpha value is -3.42. The van der Waals surface area contributed by atoms with Crippen molar-refractivity contribution in [1.82, 2.24) is 14.8 Å². The first-order chi connectivity index (χ1) is 14.6. The van der Waals surface area contributed by atoms with E-state index >= 15 is 0 Å². The Labute approximate surface area is 183 Å². The summed E-state index contributed by atoms with van der Waals surface area (Å²) in [5.74, 6) is 1.78. The molecule has 0 bridgehead atoms. The molecule has 0 atom stereocenters. The Morgan fingerprint density at radius 3 is 2.37 bits per heavy atom. The number of amides is 1. The highest BCUT2D eigenvalue weighted by Crippen LogP contribution is 2.23. The van der Waals surface area contributed by atoms with Gasteiger partial charge in [-0.1, -0.05) is 29.8 Å². The summed E-state index contributed by atoms with van der Waals surface area (Å²) in [6, 6.07) is 23.8. The van der Waals surface area contributed by atoms with Crippen LogP contribution in [0.2, 0.25) is 5.02 Å². The first-order valence-corrected chi connectivity index (χ1v) is 9.91. The van der Waals surface area contributed by atoms with E-state index in [2.05, 4.69) is 15.5 Å². The van der Waals surface area contributed by atoms with E-state index in [-0.39, 0.29) is 12.5 Å². The van der Waals surface area contributed by atoms with Crippen LogP contribution in [0.3, 0.4) is 0 Å². The summed E-state index contributed by atoms with van der Waals surface area (Å²) in [6.45, 7) is 0.0234. The van der Waals surface area contributed by atoms with E-state index in [1.807, 2.05) is 42.5 Å². The molecule has 0 aliphatic rings. The third-order valence-corrected chi connectivity index (χ3v) is 4.84. The van der Waals surface area contributed by atoms with Crippen LogP contribution in [0.4, 0.5) is 5.69 Å². The second-order valence-corrected chi connectivity index (χ2v) is 7.26. The lowest BCUT2D eigenvalue weighted by Crippen LogP contribution is -2.19. The number of nitrogens with zero attached hydrogens (tertiary/aromatic N) is 2. The van der Waals surface area contributed by atoms with Gasteiger partial charge < -0.3 is 10.1 Å². The third-order valence-electron chi connectivity index (χ3n) is 4.28. The molecule has 1 aromatic heterocycles. The lowest BCUT2D eigenvalue weighted by atomic mass is 10.2. The second kappa shape index (κ2) is 8.94. The molecule has 1 heterocycles. The molecule has 3 aromatic carbocycles. The molecule has 0 spiro atoms. The first kappa shape index (κ1) is 19.9. The van der Waals surface area contributed by atoms with Crippen molar-refractivity contribution in [3.63, 3.8) is 0 Å². The topological polar surface area (TPSA) is 71.9 Å². The van der Waals surface area contributed by atoms with Crippen molar-refractivity contribution in [2.24, 2.45) is 0 Å². The highest BCUT2D eigenvalue weighted by molar-refractivity contribution is 7.71. The fourth-order valence-electron chi connectivity index (χ4n) is 2.86. The van der Waals surface area contributed by atoms with E-state index < -0.39 is 0 Å². The zero-order chi connectivity index (χ0) is 20.9. The van der Waals surface area contributed by atoms with E-state index in [1.54, 1.807) is 41.0 Å². The van der Waals surface area contributed by atoms with Crippen LogP contribution in [0.5, 0.6) is 11.5 Å². The minimum absolute atomic E-state index is 0.0234. The molecule has 150 valence electrons. The number of hydrogen-bond donors (Lipinski definition) is 2. The minimum Gasteiger partial charge on any atom is -0.457 e. The standard InChI is InChI=1S/C22H17ClN4O2S/c23-16-8-6-15(7-9-16)21-25-26-22(30)27(21)14-20(28)24-17-10-12-19(13-11-17)29-18-4-2-1-3-5-18/h1-13H,14H2,(H,24,28)(H,26,30). The number of benzene rings is 3. The predicted octanol–water partition coefficient (Wildman–Crippen LogP) is 5.69. The molecule has 30 heavy (non-hydrogen) atoms. The van der Waals surface area contributed by atoms with Gasteiger partial charge in [-0.3, -0.25) is 14.5 Å². The zero-order valence-corrected chi connectivity index (χ0v) is 17.3. The molecule has 0 fully saturated rings. The van der Waals surface area contributed by atoms with Gasteiger partial charge >= 0.3 is 0 Å². The maximum atomic E-state index is 12.6. The van der Waals surface area contributed by atoms with Crippen LogP contribution in [-0.2, 0) is 11.3 Å². The highest BCUT2D eigenvalue weighted by Gasteiger charge is 2.13. The van der Waals surface area contributed by atoms with Crippen LogP contribution in [0, 0.1) is 4.77 Å². The van der Waals surface area contributed by atoms with Crippen LogP contribution < -0.4 is 10.1 Å². The summed E-state index contributed by atoms with van der Waals surface area (Å²) in [5.41, 5.74) is 1.46. The van der Waals surface area contributed by atoms with E-state index in [1.165, 1.54) is 0 Å². The summed E-state index contributed by atoms with van der Waals surface area (Å²) in [6.07, 6.45) is 0. The van der Waals surface area contributed by atoms with E-state index in [0.29, 0.717) is 27.1 Å². The Balaban J connectivity index is 1.43. The summed E-state index contributed by atoms with van der Waals surface area (Å²) >= 11 is 11.2. The lowest BCUT2D eigenvalue weighted by molar-refractivity contribution is -0.116. The summed E-state index contributed by atoms with van der Waals surface area (Å²) in [4.78, 5) is 12.6. The van der Waals surface area contributed by atoms with Crippen LogP contribution in [0.25, 0.3) is 11.4 Å². The Morgan fingerprint density at radius 2 is 1.67 bits per heavy atom. The molecule has 4 aromatic rings. The molecule has 4 rings (SSSR count). The van der Waals surface area contributed by atoms with Crippen molar-refractivity contribution in [2.45, 2.75) is 6.54 Å². The number of anilines is 1. The zero-order valence-electron chi connectivity index (χ0n) is 15.7. The molecule has 0 aliphatic carbocycles.